The maximum atomic E-state index is 14.5. The number of piperazine rings is 1. The van der Waals surface area contributed by atoms with Crippen LogP contribution in [0.15, 0.2) is 49.3 Å². The van der Waals surface area contributed by atoms with E-state index in [2.05, 4.69) is 26.8 Å². The van der Waals surface area contributed by atoms with Crippen molar-refractivity contribution in [1.29, 1.82) is 0 Å². The van der Waals surface area contributed by atoms with Crippen molar-refractivity contribution in [3.63, 3.8) is 0 Å². The normalized spacial score (nSPS) is 20.2. The number of pyridine rings is 1. The van der Waals surface area contributed by atoms with E-state index in [1.807, 2.05) is 17.0 Å². The Morgan fingerprint density at radius 3 is 2.81 bits per heavy atom. The number of halogens is 1. The summed E-state index contributed by atoms with van der Waals surface area (Å²) in [5.74, 6) is 0.948. The summed E-state index contributed by atoms with van der Waals surface area (Å²) in [4.78, 5) is 29.8. The highest BCUT2D eigenvalue weighted by Gasteiger charge is 2.40. The van der Waals surface area contributed by atoms with Crippen molar-refractivity contribution in [2.24, 2.45) is 0 Å². The molecule has 6 rings (SSSR count). The van der Waals surface area contributed by atoms with E-state index >= 15 is 0 Å². The van der Waals surface area contributed by atoms with Crippen LogP contribution in [0, 0.1) is 12.7 Å². The van der Waals surface area contributed by atoms with Crippen LogP contribution >= 0.6 is 0 Å². The topological polar surface area (TPSA) is 74.2 Å². The number of aromatic nitrogens is 3. The average Bonchev–Trinajstić information content (AvgIpc) is 2.81. The first kappa shape index (κ1) is 19.4. The smallest absolute Gasteiger partial charge is 0.246 e. The van der Waals surface area contributed by atoms with Crippen LogP contribution in [0.3, 0.4) is 0 Å². The van der Waals surface area contributed by atoms with Crippen molar-refractivity contribution in [2.45, 2.75) is 31.8 Å². The van der Waals surface area contributed by atoms with Crippen molar-refractivity contribution in [2.75, 3.05) is 23.3 Å². The Morgan fingerprint density at radius 1 is 1.19 bits per heavy atom. The number of hydrogen-bond acceptors (Lipinski definition) is 6. The van der Waals surface area contributed by atoms with Gasteiger partial charge in [-0.1, -0.05) is 18.7 Å². The minimum atomic E-state index is -0.314. The number of amides is 1. The number of rotatable bonds is 4. The highest BCUT2D eigenvalue weighted by atomic mass is 19.1. The molecule has 0 aliphatic carbocycles. The van der Waals surface area contributed by atoms with Gasteiger partial charge < -0.3 is 15.1 Å². The summed E-state index contributed by atoms with van der Waals surface area (Å²) in [7, 11) is 0. The Bertz CT molecular complexity index is 1180. The minimum absolute atomic E-state index is 0.0131. The number of nitrogens with zero attached hydrogens (tertiary/aromatic N) is 5. The number of piperidine rings is 2. The first-order valence-electron chi connectivity index (χ1n) is 10.4. The molecule has 3 aromatic rings. The van der Waals surface area contributed by atoms with Gasteiger partial charge in [0.25, 0.3) is 0 Å². The minimum Gasteiger partial charge on any atom is -0.350 e. The predicted molar refractivity (Wildman–Crippen MR) is 118 cm³/mol. The lowest BCUT2D eigenvalue weighted by Crippen LogP contribution is -2.64. The monoisotopic (exact) mass is 418 g/mol. The summed E-state index contributed by atoms with van der Waals surface area (Å²) >= 11 is 0. The van der Waals surface area contributed by atoms with Crippen molar-refractivity contribution < 1.29 is 9.18 Å². The van der Waals surface area contributed by atoms with Crippen molar-refractivity contribution >= 4 is 34.3 Å². The predicted octanol–water partition coefficient (Wildman–Crippen LogP) is 3.58. The molecule has 0 radical (unpaired) electrons. The zero-order chi connectivity index (χ0) is 21.5. The number of hydrogen-bond donors (Lipinski definition) is 1. The van der Waals surface area contributed by atoms with Crippen LogP contribution in [-0.4, -0.2) is 50.9 Å². The van der Waals surface area contributed by atoms with E-state index in [-0.39, 0.29) is 23.8 Å². The van der Waals surface area contributed by atoms with Gasteiger partial charge in [-0.25, -0.2) is 19.3 Å². The quantitative estimate of drug-likeness (QED) is 0.653. The van der Waals surface area contributed by atoms with Crippen LogP contribution < -0.4 is 10.2 Å². The fourth-order valence-electron chi connectivity index (χ4n) is 4.55. The van der Waals surface area contributed by atoms with Gasteiger partial charge in [-0.15, -0.1) is 0 Å². The third-order valence-electron chi connectivity index (χ3n) is 6.19. The van der Waals surface area contributed by atoms with Crippen LogP contribution in [0.25, 0.3) is 11.0 Å². The standard InChI is InChI=1S/C23H23FN6O/c1-3-20(31)30-12-15-7-8-16(30)11-29(15)19-10-9-18-22(28-19)23(26-13-25-18)27-17-6-4-5-14(2)21(17)24/h3-6,9-10,13,15-16H,1,7-8,11-12H2,2H3,(H,25,26,27)/t15?,16-/m0/s1. The molecule has 2 bridgehead atoms. The zero-order valence-electron chi connectivity index (χ0n) is 17.3. The lowest BCUT2D eigenvalue weighted by molar-refractivity contribution is -0.131. The fourth-order valence-corrected chi connectivity index (χ4v) is 4.55. The molecule has 2 atom stereocenters. The first-order chi connectivity index (χ1) is 15.0. The maximum absolute atomic E-state index is 14.5. The second-order valence-electron chi connectivity index (χ2n) is 8.05. The molecule has 31 heavy (non-hydrogen) atoms. The molecular formula is C23H23FN6O. The molecule has 1 N–H and O–H groups in total. The number of aryl methyl sites for hydroxylation is 1. The lowest BCUT2D eigenvalue weighted by Gasteiger charge is -2.51. The molecule has 5 heterocycles. The summed E-state index contributed by atoms with van der Waals surface area (Å²) in [6.07, 6.45) is 4.83. The van der Waals surface area contributed by atoms with Crippen molar-refractivity contribution in [1.82, 2.24) is 19.9 Å². The molecule has 0 spiro atoms. The zero-order valence-corrected chi connectivity index (χ0v) is 17.3. The van der Waals surface area contributed by atoms with E-state index < -0.39 is 0 Å². The number of anilines is 3. The third-order valence-corrected chi connectivity index (χ3v) is 6.19. The second kappa shape index (κ2) is 7.61. The van der Waals surface area contributed by atoms with Crippen LogP contribution in [0.4, 0.5) is 21.7 Å². The molecule has 3 fully saturated rings. The van der Waals surface area contributed by atoms with Crippen LogP contribution in [-0.2, 0) is 4.79 Å². The Kier molecular flexibility index (Phi) is 4.77. The fraction of sp³-hybridized carbons (Fsp3) is 0.304. The van der Waals surface area contributed by atoms with Gasteiger partial charge in [0.05, 0.1) is 11.2 Å². The van der Waals surface area contributed by atoms with Gasteiger partial charge in [0, 0.05) is 25.2 Å². The van der Waals surface area contributed by atoms with Crippen molar-refractivity contribution in [3.8, 4) is 0 Å². The largest absolute Gasteiger partial charge is 0.350 e. The summed E-state index contributed by atoms with van der Waals surface area (Å²) < 4.78 is 14.5. The van der Waals surface area contributed by atoms with Crippen LogP contribution in [0.1, 0.15) is 18.4 Å². The van der Waals surface area contributed by atoms with Gasteiger partial charge >= 0.3 is 0 Å². The first-order valence-corrected chi connectivity index (χ1v) is 10.4. The van der Waals surface area contributed by atoms with Gasteiger partial charge in [-0.05, 0) is 49.6 Å². The van der Waals surface area contributed by atoms with Crippen molar-refractivity contribution in [3.05, 3.63) is 60.7 Å². The van der Waals surface area contributed by atoms with E-state index in [1.165, 1.54) is 12.4 Å². The number of carbonyl (C=O) groups is 1. The van der Waals surface area contributed by atoms with E-state index in [4.69, 9.17) is 4.98 Å². The van der Waals surface area contributed by atoms with E-state index in [9.17, 15) is 9.18 Å². The lowest BCUT2D eigenvalue weighted by atomic mass is 9.90. The molecule has 1 amide bonds. The van der Waals surface area contributed by atoms with Gasteiger partial charge in [0.15, 0.2) is 5.82 Å². The Hall–Kier alpha value is -3.55. The molecule has 0 saturated carbocycles. The molecule has 3 aliphatic rings. The summed E-state index contributed by atoms with van der Waals surface area (Å²) in [5.41, 5.74) is 2.17. The molecule has 7 nitrogen and oxygen atoms in total. The number of benzene rings is 1. The number of nitrogens with one attached hydrogen (secondary N) is 1. The highest BCUT2D eigenvalue weighted by molar-refractivity contribution is 5.89. The Balaban J connectivity index is 1.48. The molecule has 1 aromatic carbocycles. The summed E-state index contributed by atoms with van der Waals surface area (Å²) in [5, 5.41) is 3.08. The Labute approximate surface area is 179 Å². The maximum Gasteiger partial charge on any atom is 0.246 e. The molecule has 3 aliphatic heterocycles. The van der Waals surface area contributed by atoms with E-state index in [1.54, 1.807) is 25.1 Å². The average molecular weight is 418 g/mol. The van der Waals surface area contributed by atoms with Gasteiger partial charge in [0.2, 0.25) is 5.91 Å². The SMILES string of the molecule is C=CC(=O)N1CC2CC[C@H]1CN2c1ccc2ncnc(Nc3cccc(C)c3F)c2n1. The summed E-state index contributed by atoms with van der Waals surface area (Å²) in [6.45, 7) is 6.74. The van der Waals surface area contributed by atoms with E-state index in [0.717, 1.165) is 25.2 Å². The van der Waals surface area contributed by atoms with Crippen LogP contribution in [0.5, 0.6) is 0 Å². The van der Waals surface area contributed by atoms with Gasteiger partial charge in [0.1, 0.15) is 23.5 Å². The Morgan fingerprint density at radius 2 is 2.03 bits per heavy atom. The van der Waals surface area contributed by atoms with Gasteiger partial charge in [-0.3, -0.25) is 4.79 Å². The molecule has 158 valence electrons. The van der Waals surface area contributed by atoms with Crippen LogP contribution in [0.2, 0.25) is 0 Å². The second-order valence-corrected chi connectivity index (χ2v) is 8.05. The van der Waals surface area contributed by atoms with E-state index in [0.29, 0.717) is 34.6 Å². The number of fused-ring (bicyclic) bond motifs is 4. The highest BCUT2D eigenvalue weighted by Crippen LogP contribution is 2.33. The molecular weight excluding hydrogens is 395 g/mol. The number of carbonyl (C=O) groups excluding carboxylic acids is 1. The third kappa shape index (κ3) is 3.37. The van der Waals surface area contributed by atoms with Gasteiger partial charge in [-0.2, -0.15) is 0 Å². The molecule has 8 heteroatoms. The molecule has 3 saturated heterocycles. The molecule has 1 unspecified atom stereocenters. The summed E-state index contributed by atoms with van der Waals surface area (Å²) in [6, 6.07) is 9.41. The molecule has 2 aromatic heterocycles.